The van der Waals surface area contributed by atoms with Gasteiger partial charge in [0.15, 0.2) is 0 Å². The van der Waals surface area contributed by atoms with Gasteiger partial charge in [-0.15, -0.1) is 0 Å². The number of hydrogen-bond acceptors (Lipinski definition) is 1. The highest BCUT2D eigenvalue weighted by atomic mass is 16.3. The quantitative estimate of drug-likeness (QED) is 0.429. The Bertz CT molecular complexity index is 112. The molecule has 0 aromatic carbocycles. The molecule has 0 saturated heterocycles. The van der Waals surface area contributed by atoms with Gasteiger partial charge in [-0.1, -0.05) is 12.2 Å². The Kier molecular flexibility index (Phi) is 3.01. The van der Waals surface area contributed by atoms with Crippen LogP contribution in [0.1, 0.15) is 20.3 Å². The van der Waals surface area contributed by atoms with Crippen LogP contribution >= 0.6 is 0 Å². The van der Waals surface area contributed by atoms with Gasteiger partial charge < -0.3 is 5.11 Å². The molecule has 0 saturated carbocycles. The van der Waals surface area contributed by atoms with Gasteiger partial charge in [0.25, 0.3) is 0 Å². The Labute approximate surface area is 50.3 Å². The van der Waals surface area contributed by atoms with Crippen molar-refractivity contribution < 1.29 is 5.11 Å². The smallest absolute Gasteiger partial charge is 0.0920 e. The van der Waals surface area contributed by atoms with E-state index in [9.17, 15) is 0 Å². The third kappa shape index (κ3) is 3.47. The fourth-order valence-corrected chi connectivity index (χ4v) is 0.411. The SMILES string of the molecule is C=C(C)C/C(O)=C\C. The van der Waals surface area contributed by atoms with Crippen LogP contribution in [-0.4, -0.2) is 5.11 Å². The first-order valence-electron chi connectivity index (χ1n) is 2.65. The Balaban J connectivity index is 3.56. The van der Waals surface area contributed by atoms with Gasteiger partial charge in [-0.25, -0.2) is 0 Å². The van der Waals surface area contributed by atoms with Crippen molar-refractivity contribution in [3.8, 4) is 0 Å². The van der Waals surface area contributed by atoms with Gasteiger partial charge in [0, 0.05) is 6.42 Å². The molecule has 46 valence electrons. The van der Waals surface area contributed by atoms with Gasteiger partial charge in [0.1, 0.15) is 0 Å². The number of hydrogen-bond donors (Lipinski definition) is 1. The molecule has 0 bridgehead atoms. The zero-order valence-corrected chi connectivity index (χ0v) is 5.44. The van der Waals surface area contributed by atoms with Crippen LogP contribution in [0, 0.1) is 0 Å². The van der Waals surface area contributed by atoms with E-state index in [0.717, 1.165) is 5.57 Å². The van der Waals surface area contributed by atoms with Crippen molar-refractivity contribution in [3.63, 3.8) is 0 Å². The van der Waals surface area contributed by atoms with Crippen molar-refractivity contribution in [1.82, 2.24) is 0 Å². The summed E-state index contributed by atoms with van der Waals surface area (Å²) in [5.41, 5.74) is 0.987. The van der Waals surface area contributed by atoms with Crippen LogP contribution in [0.4, 0.5) is 0 Å². The zero-order chi connectivity index (χ0) is 6.57. The van der Waals surface area contributed by atoms with E-state index in [4.69, 9.17) is 5.11 Å². The van der Waals surface area contributed by atoms with E-state index >= 15 is 0 Å². The summed E-state index contributed by atoms with van der Waals surface area (Å²) >= 11 is 0. The van der Waals surface area contributed by atoms with Gasteiger partial charge in [-0.2, -0.15) is 0 Å². The predicted molar refractivity (Wildman–Crippen MR) is 35.8 cm³/mol. The van der Waals surface area contributed by atoms with Crippen LogP contribution in [0.3, 0.4) is 0 Å². The summed E-state index contributed by atoms with van der Waals surface area (Å²) in [5, 5.41) is 8.83. The molecule has 0 rings (SSSR count). The molecule has 0 amide bonds. The van der Waals surface area contributed by atoms with Crippen LogP contribution in [-0.2, 0) is 0 Å². The summed E-state index contributed by atoms with van der Waals surface area (Å²) in [6, 6.07) is 0. The first-order valence-corrected chi connectivity index (χ1v) is 2.65. The van der Waals surface area contributed by atoms with Gasteiger partial charge in [0.05, 0.1) is 5.76 Å². The van der Waals surface area contributed by atoms with Gasteiger partial charge >= 0.3 is 0 Å². The monoisotopic (exact) mass is 112 g/mol. The van der Waals surface area contributed by atoms with E-state index in [-0.39, 0.29) is 0 Å². The minimum absolute atomic E-state index is 0.400. The molecule has 8 heavy (non-hydrogen) atoms. The average Bonchev–Trinajstić information content (AvgIpc) is 1.65. The summed E-state index contributed by atoms with van der Waals surface area (Å²) in [5.74, 6) is 0.400. The van der Waals surface area contributed by atoms with Crippen molar-refractivity contribution in [2.75, 3.05) is 0 Å². The first-order chi connectivity index (χ1) is 3.66. The molecule has 0 atom stereocenters. The molecule has 0 aliphatic rings. The number of aliphatic hydroxyl groups is 1. The van der Waals surface area contributed by atoms with Crippen LogP contribution in [0.5, 0.6) is 0 Å². The van der Waals surface area contributed by atoms with E-state index in [1.807, 2.05) is 6.92 Å². The van der Waals surface area contributed by atoms with E-state index in [1.54, 1.807) is 13.0 Å². The summed E-state index contributed by atoms with van der Waals surface area (Å²) < 4.78 is 0. The minimum atomic E-state index is 0.400. The van der Waals surface area contributed by atoms with Crippen LogP contribution < -0.4 is 0 Å². The predicted octanol–water partition coefficient (Wildman–Crippen LogP) is 2.41. The van der Waals surface area contributed by atoms with Crippen LogP contribution in [0.25, 0.3) is 0 Å². The molecule has 1 nitrogen and oxygen atoms in total. The highest BCUT2D eigenvalue weighted by Gasteiger charge is 1.88. The van der Waals surface area contributed by atoms with E-state index in [1.165, 1.54) is 0 Å². The summed E-state index contributed by atoms with van der Waals surface area (Å²) in [6.07, 6.45) is 2.28. The molecule has 0 aliphatic heterocycles. The second kappa shape index (κ2) is 3.30. The van der Waals surface area contributed by atoms with E-state index in [2.05, 4.69) is 6.58 Å². The lowest BCUT2D eigenvalue weighted by Crippen LogP contribution is -1.79. The maximum atomic E-state index is 8.83. The standard InChI is InChI=1S/C7H12O/c1-4-7(8)5-6(2)3/h4,8H,2,5H2,1,3H3/b7-4+. The maximum absolute atomic E-state index is 8.83. The minimum Gasteiger partial charge on any atom is -0.512 e. The third-order valence-electron chi connectivity index (χ3n) is 0.816. The van der Waals surface area contributed by atoms with Gasteiger partial charge in [0.2, 0.25) is 0 Å². The van der Waals surface area contributed by atoms with Crippen molar-refractivity contribution in [2.45, 2.75) is 20.3 Å². The topological polar surface area (TPSA) is 20.2 Å². The second-order valence-electron chi connectivity index (χ2n) is 1.91. The molecule has 0 aliphatic carbocycles. The molecular weight excluding hydrogens is 100 g/mol. The maximum Gasteiger partial charge on any atom is 0.0920 e. The third-order valence-corrected chi connectivity index (χ3v) is 0.816. The van der Waals surface area contributed by atoms with Crippen LogP contribution in [0.2, 0.25) is 0 Å². The summed E-state index contributed by atoms with van der Waals surface area (Å²) in [7, 11) is 0. The second-order valence-corrected chi connectivity index (χ2v) is 1.91. The highest BCUT2D eigenvalue weighted by Crippen LogP contribution is 2.03. The Morgan fingerprint density at radius 2 is 2.25 bits per heavy atom. The molecular formula is C7H12O. The zero-order valence-electron chi connectivity index (χ0n) is 5.44. The summed E-state index contributed by atoms with van der Waals surface area (Å²) in [6.45, 7) is 7.33. The molecule has 1 N–H and O–H groups in total. The molecule has 0 aromatic heterocycles. The average molecular weight is 112 g/mol. The largest absolute Gasteiger partial charge is 0.512 e. The Hall–Kier alpha value is -0.720. The van der Waals surface area contributed by atoms with Crippen molar-refractivity contribution in [3.05, 3.63) is 24.0 Å². The van der Waals surface area contributed by atoms with Crippen molar-refractivity contribution in [1.29, 1.82) is 0 Å². The molecule has 0 radical (unpaired) electrons. The first kappa shape index (κ1) is 7.28. The normalized spacial score (nSPS) is 11.5. The number of allylic oxidation sites excluding steroid dienone is 2. The fraction of sp³-hybridized carbons (Fsp3) is 0.429. The fourth-order valence-electron chi connectivity index (χ4n) is 0.411. The van der Waals surface area contributed by atoms with E-state index in [0.29, 0.717) is 12.2 Å². The molecule has 0 aromatic rings. The molecule has 1 heteroatoms. The van der Waals surface area contributed by atoms with Gasteiger partial charge in [-0.05, 0) is 19.9 Å². The Morgan fingerprint density at radius 1 is 1.75 bits per heavy atom. The van der Waals surface area contributed by atoms with Crippen LogP contribution in [0.15, 0.2) is 24.0 Å². The lowest BCUT2D eigenvalue weighted by Gasteiger charge is -1.94. The van der Waals surface area contributed by atoms with Gasteiger partial charge in [-0.3, -0.25) is 0 Å². The van der Waals surface area contributed by atoms with Crippen molar-refractivity contribution in [2.24, 2.45) is 0 Å². The molecule has 0 heterocycles. The molecule has 0 fully saturated rings. The summed E-state index contributed by atoms with van der Waals surface area (Å²) in [4.78, 5) is 0. The lowest BCUT2D eigenvalue weighted by molar-refractivity contribution is 0.397. The number of rotatable bonds is 2. The molecule has 0 unspecified atom stereocenters. The van der Waals surface area contributed by atoms with E-state index < -0.39 is 0 Å². The number of aliphatic hydroxyl groups excluding tert-OH is 1. The highest BCUT2D eigenvalue weighted by molar-refractivity contribution is 5.02. The Morgan fingerprint density at radius 3 is 2.38 bits per heavy atom. The lowest BCUT2D eigenvalue weighted by atomic mass is 10.2. The van der Waals surface area contributed by atoms with Crippen molar-refractivity contribution >= 4 is 0 Å². The molecule has 0 spiro atoms.